The third-order valence-electron chi connectivity index (χ3n) is 3.96. The van der Waals surface area contributed by atoms with Crippen molar-refractivity contribution in [1.29, 1.82) is 0 Å². The first-order chi connectivity index (χ1) is 8.25. The average Bonchev–Trinajstić information content (AvgIpc) is 3.00. The Hall–Kier alpha value is -0.120. The van der Waals surface area contributed by atoms with E-state index in [4.69, 9.17) is 0 Å². The monoisotopic (exact) mass is 239 g/mol. The van der Waals surface area contributed by atoms with E-state index in [2.05, 4.69) is 29.2 Å². The molecule has 2 rings (SSSR count). The first-order valence-corrected chi connectivity index (χ1v) is 7.38. The van der Waals surface area contributed by atoms with Crippen LogP contribution in [-0.2, 0) is 0 Å². The minimum atomic E-state index is 0.821. The highest BCUT2D eigenvalue weighted by atomic mass is 15.2. The quantitative estimate of drug-likeness (QED) is 0.648. The number of unbranched alkanes of at least 4 members (excludes halogenated alkanes) is 1. The molecule has 1 atom stereocenters. The lowest BCUT2D eigenvalue weighted by Gasteiger charge is -2.26. The van der Waals surface area contributed by atoms with Crippen LogP contribution >= 0.6 is 0 Å². The number of hydrogen-bond donors (Lipinski definition) is 1. The number of likely N-dealkylation sites (tertiary alicyclic amines) is 1. The van der Waals surface area contributed by atoms with Crippen LogP contribution in [0.5, 0.6) is 0 Å². The average molecular weight is 239 g/mol. The zero-order chi connectivity index (χ0) is 12.1. The van der Waals surface area contributed by atoms with Crippen molar-refractivity contribution in [3.8, 4) is 0 Å². The van der Waals surface area contributed by atoms with Crippen molar-refractivity contribution in [2.24, 2.45) is 0 Å². The minimum absolute atomic E-state index is 0.821. The smallest absolute Gasteiger partial charge is 0.0223 e. The standard InChI is InChI=1S/C14H29N3/c1-16(2)12-14-6-5-11-17(14)10-4-3-9-15-13-7-8-13/h13-15H,3-12H2,1-2H3. The van der Waals surface area contributed by atoms with Crippen molar-refractivity contribution in [3.63, 3.8) is 0 Å². The van der Waals surface area contributed by atoms with Gasteiger partial charge in [-0.05, 0) is 72.3 Å². The van der Waals surface area contributed by atoms with E-state index in [1.54, 1.807) is 0 Å². The molecule has 3 nitrogen and oxygen atoms in total. The summed E-state index contributed by atoms with van der Waals surface area (Å²) in [6, 6.07) is 1.70. The highest BCUT2D eigenvalue weighted by molar-refractivity contribution is 4.82. The van der Waals surface area contributed by atoms with Crippen molar-refractivity contribution in [3.05, 3.63) is 0 Å². The summed E-state index contributed by atoms with van der Waals surface area (Å²) in [4.78, 5) is 5.04. The summed E-state index contributed by atoms with van der Waals surface area (Å²) in [6.07, 6.45) is 8.34. The third-order valence-corrected chi connectivity index (χ3v) is 3.96. The Morgan fingerprint density at radius 2 is 2.00 bits per heavy atom. The Bertz CT molecular complexity index is 214. The lowest BCUT2D eigenvalue weighted by molar-refractivity contribution is 0.204. The molecule has 2 aliphatic rings. The van der Waals surface area contributed by atoms with Gasteiger partial charge in [-0.15, -0.1) is 0 Å². The van der Waals surface area contributed by atoms with Gasteiger partial charge in [0.1, 0.15) is 0 Å². The van der Waals surface area contributed by atoms with Gasteiger partial charge in [0, 0.05) is 18.6 Å². The molecule has 1 aliphatic carbocycles. The van der Waals surface area contributed by atoms with Gasteiger partial charge in [0.25, 0.3) is 0 Å². The molecule has 1 aliphatic heterocycles. The molecule has 0 aromatic carbocycles. The molecule has 17 heavy (non-hydrogen) atoms. The Kier molecular flexibility index (Phi) is 5.26. The second kappa shape index (κ2) is 6.72. The van der Waals surface area contributed by atoms with Gasteiger partial charge in [-0.25, -0.2) is 0 Å². The van der Waals surface area contributed by atoms with Gasteiger partial charge in [0.15, 0.2) is 0 Å². The first kappa shape index (κ1) is 13.3. The van der Waals surface area contributed by atoms with Crippen LogP contribution in [0.3, 0.4) is 0 Å². The van der Waals surface area contributed by atoms with Gasteiger partial charge >= 0.3 is 0 Å². The maximum Gasteiger partial charge on any atom is 0.0223 e. The maximum absolute atomic E-state index is 3.60. The Labute approximate surface area is 107 Å². The van der Waals surface area contributed by atoms with Crippen LogP contribution in [0, 0.1) is 0 Å². The Morgan fingerprint density at radius 1 is 1.18 bits per heavy atom. The maximum atomic E-state index is 3.60. The Morgan fingerprint density at radius 3 is 2.71 bits per heavy atom. The number of nitrogens with one attached hydrogen (secondary N) is 1. The van der Waals surface area contributed by atoms with Gasteiger partial charge in [0.2, 0.25) is 0 Å². The lowest BCUT2D eigenvalue weighted by Crippen LogP contribution is -2.38. The number of nitrogens with zero attached hydrogens (tertiary/aromatic N) is 2. The predicted molar refractivity (Wildman–Crippen MR) is 73.4 cm³/mol. The fourth-order valence-electron chi connectivity index (χ4n) is 2.85. The summed E-state index contributed by atoms with van der Waals surface area (Å²) >= 11 is 0. The van der Waals surface area contributed by atoms with Crippen LogP contribution in [0.2, 0.25) is 0 Å². The molecular weight excluding hydrogens is 210 g/mol. The molecule has 1 saturated carbocycles. The van der Waals surface area contributed by atoms with E-state index in [0.29, 0.717) is 0 Å². The molecule has 100 valence electrons. The summed E-state index contributed by atoms with van der Waals surface area (Å²) in [7, 11) is 4.38. The van der Waals surface area contributed by atoms with Crippen molar-refractivity contribution < 1.29 is 0 Å². The molecule has 0 radical (unpaired) electrons. The zero-order valence-electron chi connectivity index (χ0n) is 11.6. The highest BCUT2D eigenvalue weighted by Gasteiger charge is 2.24. The SMILES string of the molecule is CN(C)CC1CCCN1CCCCNC1CC1. The molecule has 0 aromatic heterocycles. The third kappa shape index (κ3) is 4.94. The molecule has 1 saturated heterocycles. The van der Waals surface area contributed by atoms with Crippen LogP contribution in [0.25, 0.3) is 0 Å². The predicted octanol–water partition coefficient (Wildman–Crippen LogP) is 1.54. The van der Waals surface area contributed by atoms with E-state index < -0.39 is 0 Å². The van der Waals surface area contributed by atoms with Crippen molar-refractivity contribution in [2.75, 3.05) is 40.3 Å². The zero-order valence-corrected chi connectivity index (χ0v) is 11.6. The fourth-order valence-corrected chi connectivity index (χ4v) is 2.85. The molecule has 1 N–H and O–H groups in total. The van der Waals surface area contributed by atoms with E-state index >= 15 is 0 Å². The second-order valence-electron chi connectivity index (χ2n) is 6.03. The van der Waals surface area contributed by atoms with Crippen LogP contribution < -0.4 is 5.32 Å². The van der Waals surface area contributed by atoms with Gasteiger partial charge < -0.3 is 10.2 Å². The van der Waals surface area contributed by atoms with E-state index in [9.17, 15) is 0 Å². The largest absolute Gasteiger partial charge is 0.314 e. The summed E-state index contributed by atoms with van der Waals surface area (Å²) in [6.45, 7) is 5.11. The second-order valence-corrected chi connectivity index (χ2v) is 6.03. The molecule has 1 unspecified atom stereocenters. The van der Waals surface area contributed by atoms with Crippen LogP contribution in [0.15, 0.2) is 0 Å². The van der Waals surface area contributed by atoms with Crippen LogP contribution in [-0.4, -0.2) is 62.2 Å². The lowest BCUT2D eigenvalue weighted by atomic mass is 10.2. The Balaban J connectivity index is 1.53. The summed E-state index contributed by atoms with van der Waals surface area (Å²) in [5.74, 6) is 0. The van der Waals surface area contributed by atoms with Crippen molar-refractivity contribution in [1.82, 2.24) is 15.1 Å². The fraction of sp³-hybridized carbons (Fsp3) is 1.00. The first-order valence-electron chi connectivity index (χ1n) is 7.38. The number of hydrogen-bond acceptors (Lipinski definition) is 3. The van der Waals surface area contributed by atoms with Crippen molar-refractivity contribution in [2.45, 2.75) is 50.6 Å². The minimum Gasteiger partial charge on any atom is -0.314 e. The van der Waals surface area contributed by atoms with Crippen LogP contribution in [0.4, 0.5) is 0 Å². The van der Waals surface area contributed by atoms with Gasteiger partial charge in [-0.3, -0.25) is 4.90 Å². The molecule has 0 amide bonds. The topological polar surface area (TPSA) is 18.5 Å². The molecular formula is C14H29N3. The van der Waals surface area contributed by atoms with E-state index in [1.807, 2.05) is 0 Å². The molecule has 3 heteroatoms. The van der Waals surface area contributed by atoms with Gasteiger partial charge in [-0.1, -0.05) is 0 Å². The highest BCUT2D eigenvalue weighted by Crippen LogP contribution is 2.19. The molecule has 1 heterocycles. The summed E-state index contributed by atoms with van der Waals surface area (Å²) < 4.78 is 0. The van der Waals surface area contributed by atoms with Gasteiger partial charge in [0.05, 0.1) is 0 Å². The summed E-state index contributed by atoms with van der Waals surface area (Å²) in [5.41, 5.74) is 0. The van der Waals surface area contributed by atoms with E-state index in [0.717, 1.165) is 12.1 Å². The van der Waals surface area contributed by atoms with Crippen molar-refractivity contribution >= 4 is 0 Å². The number of rotatable bonds is 8. The number of likely N-dealkylation sites (N-methyl/N-ethyl adjacent to an activating group) is 1. The van der Waals surface area contributed by atoms with E-state index in [-0.39, 0.29) is 0 Å². The molecule has 2 fully saturated rings. The van der Waals surface area contributed by atoms with Crippen LogP contribution in [0.1, 0.15) is 38.5 Å². The molecule has 0 spiro atoms. The molecule has 0 aromatic rings. The van der Waals surface area contributed by atoms with Gasteiger partial charge in [-0.2, -0.15) is 0 Å². The molecule has 0 bridgehead atoms. The van der Waals surface area contributed by atoms with E-state index in [1.165, 1.54) is 64.7 Å². The normalized spacial score (nSPS) is 25.9. The summed E-state index contributed by atoms with van der Waals surface area (Å²) in [5, 5.41) is 3.60.